The number of rotatable bonds is 9. The van der Waals surface area contributed by atoms with Crippen molar-refractivity contribution in [2.45, 2.75) is 12.6 Å². The minimum Gasteiger partial charge on any atom is -0.497 e. The summed E-state index contributed by atoms with van der Waals surface area (Å²) in [5, 5.41) is 9.21. The molecule has 3 N–H and O–H groups in total. The summed E-state index contributed by atoms with van der Waals surface area (Å²) in [5.41, 5.74) is 1.18. The molecule has 0 saturated carbocycles. The van der Waals surface area contributed by atoms with Crippen LogP contribution in [-0.2, 0) is 16.1 Å². The zero-order valence-electron chi connectivity index (χ0n) is 18.5. The van der Waals surface area contributed by atoms with E-state index in [0.717, 1.165) is 32.1 Å². The number of halogens is 1. The number of methoxy groups -OCH3 is 1. The molecule has 176 valence electrons. The van der Waals surface area contributed by atoms with Crippen LogP contribution in [0.25, 0.3) is 0 Å². The lowest BCUT2D eigenvalue weighted by atomic mass is 10.0. The number of benzene rings is 1. The van der Waals surface area contributed by atoms with E-state index >= 15 is 0 Å². The molecule has 1 aliphatic heterocycles. The number of hydrogen-bond donors (Lipinski definition) is 3. The Bertz CT molecular complexity index is 823. The Hall–Kier alpha value is -2.31. The molecule has 2 heterocycles. The maximum atomic E-state index is 12.1. The van der Waals surface area contributed by atoms with E-state index < -0.39 is 0 Å². The SMILES string of the molecule is CN=C(NCC(=O)NCc1ccco1)NCC(c1ccc(OC)cc1)N1CCOCC1.I. The number of nitrogens with zero attached hydrogens (tertiary/aromatic N) is 2. The minimum atomic E-state index is -0.140. The Morgan fingerprint density at radius 3 is 2.53 bits per heavy atom. The number of carbonyl (C=O) groups excluding carboxylic acids is 1. The van der Waals surface area contributed by atoms with E-state index in [4.69, 9.17) is 13.9 Å². The number of guanidine groups is 1. The highest BCUT2D eigenvalue weighted by atomic mass is 127. The van der Waals surface area contributed by atoms with Crippen molar-refractivity contribution in [2.75, 3.05) is 53.6 Å². The molecule has 1 amide bonds. The molecule has 9 nitrogen and oxygen atoms in total. The van der Waals surface area contributed by atoms with Gasteiger partial charge in [-0.2, -0.15) is 0 Å². The summed E-state index contributed by atoms with van der Waals surface area (Å²) in [7, 11) is 3.35. The van der Waals surface area contributed by atoms with Crippen LogP contribution in [0.5, 0.6) is 5.75 Å². The standard InChI is InChI=1S/C22H31N5O4.HI/c1-23-22(26-16-21(28)24-14-19-4-3-11-31-19)25-15-20(27-9-12-30-13-10-27)17-5-7-18(29-2)8-6-17;/h3-8,11,20H,9-10,12-16H2,1-2H3,(H,24,28)(H2,23,25,26);1H. The average molecular weight is 557 g/mol. The second kappa shape index (κ2) is 14.0. The van der Waals surface area contributed by atoms with Crippen molar-refractivity contribution in [2.24, 2.45) is 4.99 Å². The zero-order chi connectivity index (χ0) is 21.9. The number of nitrogens with one attached hydrogen (secondary N) is 3. The Labute approximate surface area is 205 Å². The first-order valence-corrected chi connectivity index (χ1v) is 10.4. The molecule has 1 saturated heterocycles. The molecule has 10 heteroatoms. The van der Waals surface area contributed by atoms with Crippen LogP contribution in [0.4, 0.5) is 0 Å². The molecule has 1 aromatic carbocycles. The Morgan fingerprint density at radius 2 is 1.91 bits per heavy atom. The molecule has 0 aliphatic carbocycles. The van der Waals surface area contributed by atoms with Crippen molar-refractivity contribution < 1.29 is 18.7 Å². The van der Waals surface area contributed by atoms with Crippen molar-refractivity contribution >= 4 is 35.8 Å². The molecule has 1 atom stereocenters. The van der Waals surface area contributed by atoms with Crippen molar-refractivity contribution in [3.05, 3.63) is 54.0 Å². The van der Waals surface area contributed by atoms with Gasteiger partial charge in [-0.25, -0.2) is 0 Å². The Balaban J connectivity index is 0.00000363. The third-order valence-electron chi connectivity index (χ3n) is 5.13. The number of carbonyl (C=O) groups is 1. The molecule has 32 heavy (non-hydrogen) atoms. The molecule has 1 unspecified atom stereocenters. The summed E-state index contributed by atoms with van der Waals surface area (Å²) < 4.78 is 16.0. The van der Waals surface area contributed by atoms with Crippen LogP contribution in [-0.4, -0.2) is 70.3 Å². The summed E-state index contributed by atoms with van der Waals surface area (Å²) >= 11 is 0. The van der Waals surface area contributed by atoms with Crippen LogP contribution in [0.3, 0.4) is 0 Å². The number of furan rings is 1. The summed E-state index contributed by atoms with van der Waals surface area (Å²) in [6, 6.07) is 11.9. The molecule has 0 spiro atoms. The molecule has 3 rings (SSSR count). The smallest absolute Gasteiger partial charge is 0.239 e. The molecule has 1 aliphatic rings. The predicted molar refractivity (Wildman–Crippen MR) is 133 cm³/mol. The number of amides is 1. The third-order valence-corrected chi connectivity index (χ3v) is 5.13. The average Bonchev–Trinajstić information content (AvgIpc) is 3.34. The maximum absolute atomic E-state index is 12.1. The fourth-order valence-corrected chi connectivity index (χ4v) is 3.41. The minimum absolute atomic E-state index is 0. The second-order valence-electron chi connectivity index (χ2n) is 7.10. The Morgan fingerprint density at radius 1 is 1.16 bits per heavy atom. The highest BCUT2D eigenvalue weighted by molar-refractivity contribution is 14.0. The van der Waals surface area contributed by atoms with Gasteiger partial charge in [0.1, 0.15) is 11.5 Å². The fraction of sp³-hybridized carbons (Fsp3) is 0.455. The predicted octanol–water partition coefficient (Wildman–Crippen LogP) is 1.76. The lowest BCUT2D eigenvalue weighted by Gasteiger charge is -2.35. The lowest BCUT2D eigenvalue weighted by molar-refractivity contribution is -0.120. The van der Waals surface area contributed by atoms with Crippen LogP contribution in [0.1, 0.15) is 17.4 Å². The summed E-state index contributed by atoms with van der Waals surface area (Å²) in [6.45, 7) is 4.27. The van der Waals surface area contributed by atoms with Gasteiger partial charge in [-0.3, -0.25) is 14.7 Å². The first kappa shape index (κ1) is 25.9. The van der Waals surface area contributed by atoms with E-state index in [2.05, 4.69) is 38.0 Å². The summed E-state index contributed by atoms with van der Waals surface area (Å²) in [5.74, 6) is 1.97. The van der Waals surface area contributed by atoms with Crippen molar-refractivity contribution in [1.82, 2.24) is 20.9 Å². The first-order valence-electron chi connectivity index (χ1n) is 10.4. The van der Waals surface area contributed by atoms with Gasteiger partial charge in [-0.15, -0.1) is 24.0 Å². The van der Waals surface area contributed by atoms with Crippen molar-refractivity contribution in [1.29, 1.82) is 0 Å². The van der Waals surface area contributed by atoms with E-state index in [1.807, 2.05) is 18.2 Å². The molecule has 2 aromatic rings. The number of aliphatic imine (C=N–C) groups is 1. The monoisotopic (exact) mass is 557 g/mol. The van der Waals surface area contributed by atoms with E-state index in [0.29, 0.717) is 24.8 Å². The van der Waals surface area contributed by atoms with Crippen molar-refractivity contribution in [3.63, 3.8) is 0 Å². The highest BCUT2D eigenvalue weighted by Crippen LogP contribution is 2.23. The van der Waals surface area contributed by atoms with Crippen LogP contribution in [0.2, 0.25) is 0 Å². The summed E-state index contributed by atoms with van der Waals surface area (Å²) in [6.07, 6.45) is 1.58. The van der Waals surface area contributed by atoms with Crippen LogP contribution < -0.4 is 20.7 Å². The molecule has 0 radical (unpaired) electrons. The van der Waals surface area contributed by atoms with Gasteiger partial charge in [0.25, 0.3) is 0 Å². The van der Waals surface area contributed by atoms with Gasteiger partial charge in [-0.05, 0) is 29.8 Å². The lowest BCUT2D eigenvalue weighted by Crippen LogP contribution is -2.47. The van der Waals surface area contributed by atoms with E-state index in [9.17, 15) is 4.79 Å². The van der Waals surface area contributed by atoms with E-state index in [-0.39, 0.29) is 42.5 Å². The molecule has 1 fully saturated rings. The second-order valence-corrected chi connectivity index (χ2v) is 7.10. The van der Waals surface area contributed by atoms with Gasteiger partial charge < -0.3 is 29.8 Å². The molecular weight excluding hydrogens is 525 g/mol. The van der Waals surface area contributed by atoms with Crippen LogP contribution in [0.15, 0.2) is 52.1 Å². The summed E-state index contributed by atoms with van der Waals surface area (Å²) in [4.78, 5) is 18.7. The van der Waals surface area contributed by atoms with Gasteiger partial charge in [-0.1, -0.05) is 12.1 Å². The van der Waals surface area contributed by atoms with Crippen LogP contribution >= 0.6 is 24.0 Å². The normalized spacial score (nSPS) is 15.4. The van der Waals surface area contributed by atoms with Gasteiger partial charge in [0.05, 0.1) is 45.7 Å². The van der Waals surface area contributed by atoms with E-state index in [1.54, 1.807) is 26.5 Å². The Kier molecular flexibility index (Phi) is 11.3. The van der Waals surface area contributed by atoms with Crippen LogP contribution in [0, 0.1) is 0 Å². The highest BCUT2D eigenvalue weighted by Gasteiger charge is 2.23. The van der Waals surface area contributed by atoms with Gasteiger partial charge >= 0.3 is 0 Å². The largest absolute Gasteiger partial charge is 0.497 e. The first-order chi connectivity index (χ1) is 15.2. The molecular formula is C22H32IN5O4. The number of hydrogen-bond acceptors (Lipinski definition) is 6. The fourth-order valence-electron chi connectivity index (χ4n) is 3.41. The molecule has 1 aromatic heterocycles. The van der Waals surface area contributed by atoms with Crippen molar-refractivity contribution in [3.8, 4) is 5.75 Å². The third kappa shape index (κ3) is 7.99. The number of morpholine rings is 1. The molecule has 0 bridgehead atoms. The maximum Gasteiger partial charge on any atom is 0.239 e. The van der Waals surface area contributed by atoms with Gasteiger partial charge in [0.2, 0.25) is 5.91 Å². The van der Waals surface area contributed by atoms with Gasteiger partial charge in [0.15, 0.2) is 5.96 Å². The number of ether oxygens (including phenoxy) is 2. The quantitative estimate of drug-likeness (QED) is 0.246. The zero-order valence-corrected chi connectivity index (χ0v) is 20.8. The van der Waals surface area contributed by atoms with Gasteiger partial charge in [0, 0.05) is 26.7 Å². The topological polar surface area (TPSA) is 100 Å². The van der Waals surface area contributed by atoms with E-state index in [1.165, 1.54) is 5.56 Å².